The molecule has 0 atom stereocenters. The zero-order chi connectivity index (χ0) is 11.5. The molecule has 5 heteroatoms. The fourth-order valence-electron chi connectivity index (χ4n) is 1.40. The Kier molecular flexibility index (Phi) is 3.60. The fraction of sp³-hybridized carbons (Fsp3) is 0.400. The zero-order valence-corrected chi connectivity index (χ0v) is 8.59. The molecular weight excluding hydrogens is 204 g/mol. The van der Waals surface area contributed by atoms with E-state index in [4.69, 9.17) is 10.6 Å². The maximum Gasteiger partial charge on any atom is 0.271 e. The van der Waals surface area contributed by atoms with Crippen LogP contribution in [0.5, 0.6) is 5.75 Å². The molecule has 0 unspecified atom stereocenters. The topological polar surface area (TPSA) is 44.5 Å². The quantitative estimate of drug-likeness (QED) is 0.786. The Labute approximate surface area is 86.7 Å². The first-order chi connectivity index (χ1) is 7.00. The lowest BCUT2D eigenvalue weighted by atomic mass is 10.0. The highest BCUT2D eigenvalue weighted by Crippen LogP contribution is 2.34. The van der Waals surface area contributed by atoms with Crippen LogP contribution in [0.1, 0.15) is 18.1 Å². The van der Waals surface area contributed by atoms with Crippen molar-refractivity contribution < 1.29 is 18.4 Å². The second-order valence-corrected chi connectivity index (χ2v) is 3.19. The summed E-state index contributed by atoms with van der Waals surface area (Å²) in [6, 6.07) is 4.42. The Balaban J connectivity index is 3.25. The molecule has 0 fully saturated rings. The van der Waals surface area contributed by atoms with Crippen LogP contribution in [-0.2, 0) is 17.4 Å². The highest BCUT2D eigenvalue weighted by Gasteiger charge is 2.29. The van der Waals surface area contributed by atoms with Crippen LogP contribution in [0.3, 0.4) is 0 Å². The van der Waals surface area contributed by atoms with Gasteiger partial charge in [-0.15, -0.1) is 0 Å². The molecule has 0 saturated carbocycles. The molecule has 1 rings (SSSR count). The molecule has 0 aliphatic rings. The summed E-state index contributed by atoms with van der Waals surface area (Å²) in [6.45, 7) is 0.713. The van der Waals surface area contributed by atoms with Gasteiger partial charge in [0, 0.05) is 18.1 Å². The third kappa shape index (κ3) is 2.64. The number of benzene rings is 1. The van der Waals surface area contributed by atoms with Gasteiger partial charge in [0.15, 0.2) is 0 Å². The van der Waals surface area contributed by atoms with Crippen molar-refractivity contribution in [2.24, 2.45) is 5.90 Å². The minimum atomic E-state index is -2.94. The van der Waals surface area contributed by atoms with Gasteiger partial charge < -0.3 is 4.74 Å². The molecule has 0 radical (unpaired) electrons. The van der Waals surface area contributed by atoms with Gasteiger partial charge in [0.1, 0.15) is 5.75 Å². The van der Waals surface area contributed by atoms with Gasteiger partial charge in [-0.25, -0.2) is 14.7 Å². The van der Waals surface area contributed by atoms with Crippen LogP contribution in [0, 0.1) is 0 Å². The third-order valence-electron chi connectivity index (χ3n) is 2.05. The van der Waals surface area contributed by atoms with Crippen molar-refractivity contribution in [2.45, 2.75) is 19.5 Å². The smallest absolute Gasteiger partial charge is 0.271 e. The first kappa shape index (κ1) is 11.9. The van der Waals surface area contributed by atoms with Gasteiger partial charge in [0.05, 0.1) is 13.7 Å². The Bertz CT molecular complexity index is 337. The van der Waals surface area contributed by atoms with Crippen LogP contribution in [-0.4, -0.2) is 7.11 Å². The highest BCUT2D eigenvalue weighted by molar-refractivity contribution is 5.41. The molecule has 0 aliphatic carbocycles. The van der Waals surface area contributed by atoms with Crippen LogP contribution in [0.25, 0.3) is 0 Å². The van der Waals surface area contributed by atoms with E-state index in [9.17, 15) is 8.78 Å². The summed E-state index contributed by atoms with van der Waals surface area (Å²) >= 11 is 0. The average molecular weight is 217 g/mol. The predicted molar refractivity (Wildman–Crippen MR) is 51.5 cm³/mol. The van der Waals surface area contributed by atoms with Crippen molar-refractivity contribution in [3.63, 3.8) is 0 Å². The maximum atomic E-state index is 13.2. The molecule has 3 nitrogen and oxygen atoms in total. The van der Waals surface area contributed by atoms with E-state index in [1.54, 1.807) is 6.07 Å². The Morgan fingerprint density at radius 3 is 2.53 bits per heavy atom. The standard InChI is InChI=1S/C10H13F2NO2/c1-10(11,12)8-4-3-5-9(14-2)7(8)6-15-13/h3-5H,6,13H2,1-2H3. The SMILES string of the molecule is COc1cccc(C(C)(F)F)c1CON. The van der Waals surface area contributed by atoms with Crippen molar-refractivity contribution in [2.75, 3.05) is 7.11 Å². The van der Waals surface area contributed by atoms with E-state index in [0.717, 1.165) is 6.92 Å². The van der Waals surface area contributed by atoms with Crippen LogP contribution in [0.4, 0.5) is 8.78 Å². The van der Waals surface area contributed by atoms with E-state index >= 15 is 0 Å². The van der Waals surface area contributed by atoms with E-state index in [1.165, 1.54) is 19.2 Å². The summed E-state index contributed by atoms with van der Waals surface area (Å²) in [5.41, 5.74) is 0.141. The Hall–Kier alpha value is -1.20. The molecule has 15 heavy (non-hydrogen) atoms. The summed E-state index contributed by atoms with van der Waals surface area (Å²) in [7, 11) is 1.41. The lowest BCUT2D eigenvalue weighted by molar-refractivity contribution is 0.0134. The van der Waals surface area contributed by atoms with Gasteiger partial charge >= 0.3 is 0 Å². The number of rotatable bonds is 4. The van der Waals surface area contributed by atoms with Gasteiger partial charge in [-0.2, -0.15) is 0 Å². The van der Waals surface area contributed by atoms with E-state index in [1.807, 2.05) is 0 Å². The van der Waals surface area contributed by atoms with Crippen LogP contribution in [0.15, 0.2) is 18.2 Å². The molecule has 0 aromatic heterocycles. The number of nitrogens with two attached hydrogens (primary N) is 1. The molecule has 1 aromatic rings. The summed E-state index contributed by atoms with van der Waals surface area (Å²) in [5, 5.41) is 0. The van der Waals surface area contributed by atoms with E-state index in [2.05, 4.69) is 4.84 Å². The predicted octanol–water partition coefficient (Wildman–Crippen LogP) is 2.20. The number of methoxy groups -OCH3 is 1. The third-order valence-corrected chi connectivity index (χ3v) is 2.05. The number of hydrogen-bond acceptors (Lipinski definition) is 3. The highest BCUT2D eigenvalue weighted by atomic mass is 19.3. The molecular formula is C10H13F2NO2. The van der Waals surface area contributed by atoms with Gasteiger partial charge in [0.25, 0.3) is 5.92 Å². The van der Waals surface area contributed by atoms with Crippen molar-refractivity contribution >= 4 is 0 Å². The second-order valence-electron chi connectivity index (χ2n) is 3.19. The first-order valence-corrected chi connectivity index (χ1v) is 4.36. The summed E-state index contributed by atoms with van der Waals surface area (Å²) in [5.74, 6) is 2.30. The number of alkyl halides is 2. The number of hydrogen-bond donors (Lipinski definition) is 1. The van der Waals surface area contributed by atoms with Crippen molar-refractivity contribution in [3.05, 3.63) is 29.3 Å². The lowest BCUT2D eigenvalue weighted by Gasteiger charge is -2.17. The molecule has 2 N–H and O–H groups in total. The molecule has 0 spiro atoms. The molecule has 84 valence electrons. The van der Waals surface area contributed by atoms with Crippen molar-refractivity contribution in [3.8, 4) is 5.75 Å². The molecule has 0 heterocycles. The van der Waals surface area contributed by atoms with E-state index in [-0.39, 0.29) is 17.7 Å². The monoisotopic (exact) mass is 217 g/mol. The molecule has 0 amide bonds. The average Bonchev–Trinajstić information content (AvgIpc) is 2.17. The van der Waals surface area contributed by atoms with Crippen LogP contribution < -0.4 is 10.6 Å². The van der Waals surface area contributed by atoms with Crippen molar-refractivity contribution in [1.82, 2.24) is 0 Å². The fourth-order valence-corrected chi connectivity index (χ4v) is 1.40. The molecule has 0 aliphatic heterocycles. The molecule has 0 saturated heterocycles. The summed E-state index contributed by atoms with van der Waals surface area (Å²) in [4.78, 5) is 4.39. The second kappa shape index (κ2) is 4.55. The van der Waals surface area contributed by atoms with Gasteiger partial charge in [-0.1, -0.05) is 12.1 Å². The van der Waals surface area contributed by atoms with E-state index in [0.29, 0.717) is 5.75 Å². The normalized spacial score (nSPS) is 11.5. The van der Waals surface area contributed by atoms with Gasteiger partial charge in [0.2, 0.25) is 0 Å². The number of halogens is 2. The minimum Gasteiger partial charge on any atom is -0.496 e. The minimum absolute atomic E-state index is 0.108. The maximum absolute atomic E-state index is 13.2. The first-order valence-electron chi connectivity index (χ1n) is 4.36. The zero-order valence-electron chi connectivity index (χ0n) is 8.59. The lowest BCUT2D eigenvalue weighted by Crippen LogP contribution is -2.13. The van der Waals surface area contributed by atoms with E-state index < -0.39 is 5.92 Å². The largest absolute Gasteiger partial charge is 0.496 e. The van der Waals surface area contributed by atoms with Crippen LogP contribution >= 0.6 is 0 Å². The molecule has 0 bridgehead atoms. The Morgan fingerprint density at radius 1 is 1.40 bits per heavy atom. The molecule has 1 aromatic carbocycles. The number of ether oxygens (including phenoxy) is 1. The summed E-state index contributed by atoms with van der Waals surface area (Å²) < 4.78 is 31.4. The Morgan fingerprint density at radius 2 is 2.07 bits per heavy atom. The van der Waals surface area contributed by atoms with Crippen LogP contribution in [0.2, 0.25) is 0 Å². The van der Waals surface area contributed by atoms with Gasteiger partial charge in [-0.3, -0.25) is 4.84 Å². The van der Waals surface area contributed by atoms with Crippen molar-refractivity contribution in [1.29, 1.82) is 0 Å². The van der Waals surface area contributed by atoms with Gasteiger partial charge in [-0.05, 0) is 6.07 Å². The summed E-state index contributed by atoms with van der Waals surface area (Å²) in [6.07, 6.45) is 0.